The van der Waals surface area contributed by atoms with Crippen LogP contribution in [0.3, 0.4) is 0 Å². The third-order valence-electron chi connectivity index (χ3n) is 3.36. The van der Waals surface area contributed by atoms with Gasteiger partial charge in [-0.05, 0) is 37.0 Å². The Morgan fingerprint density at radius 3 is 3.00 bits per heavy atom. The van der Waals surface area contributed by atoms with Gasteiger partial charge in [-0.3, -0.25) is 0 Å². The topological polar surface area (TPSA) is 27.7 Å². The first-order chi connectivity index (χ1) is 9.33. The summed E-state index contributed by atoms with van der Waals surface area (Å²) >= 11 is 3.52. The number of rotatable bonds is 6. The quantitative estimate of drug-likeness (QED) is 0.745. The van der Waals surface area contributed by atoms with Crippen molar-refractivity contribution in [1.29, 1.82) is 0 Å². The minimum Gasteiger partial charge on any atom is -0.497 e. The van der Waals surface area contributed by atoms with E-state index in [1.165, 1.54) is 12.8 Å². The molecule has 106 valence electrons. The molecule has 1 aliphatic rings. The molecule has 0 aromatic heterocycles. The van der Waals surface area contributed by atoms with Crippen molar-refractivity contribution in [2.24, 2.45) is 0 Å². The van der Waals surface area contributed by atoms with E-state index in [0.717, 1.165) is 29.7 Å². The Morgan fingerprint density at radius 1 is 1.42 bits per heavy atom. The number of hydrogen-bond donors (Lipinski definition) is 0. The van der Waals surface area contributed by atoms with Crippen LogP contribution in [0.1, 0.15) is 30.9 Å². The van der Waals surface area contributed by atoms with Crippen molar-refractivity contribution in [2.45, 2.75) is 31.5 Å². The van der Waals surface area contributed by atoms with Crippen molar-refractivity contribution in [1.82, 2.24) is 0 Å². The first-order valence-corrected chi connectivity index (χ1v) is 7.88. The first kappa shape index (κ1) is 14.8. The molecule has 0 radical (unpaired) electrons. The normalized spacial score (nSPS) is 21.1. The van der Waals surface area contributed by atoms with Gasteiger partial charge in [0.2, 0.25) is 0 Å². The molecule has 2 rings (SSSR count). The summed E-state index contributed by atoms with van der Waals surface area (Å²) in [5.74, 6) is 0.862. The van der Waals surface area contributed by atoms with Crippen LogP contribution in [0.5, 0.6) is 5.75 Å². The molecule has 1 saturated heterocycles. The van der Waals surface area contributed by atoms with Crippen LogP contribution >= 0.6 is 15.9 Å². The molecule has 1 aromatic rings. The molecule has 0 saturated carbocycles. The highest BCUT2D eigenvalue weighted by Crippen LogP contribution is 2.25. The lowest BCUT2D eigenvalue weighted by Crippen LogP contribution is -2.25. The second kappa shape index (κ2) is 7.88. The van der Waals surface area contributed by atoms with E-state index in [1.54, 1.807) is 7.11 Å². The molecule has 0 spiro atoms. The van der Waals surface area contributed by atoms with Gasteiger partial charge in [-0.15, -0.1) is 0 Å². The molecule has 4 heteroatoms. The highest BCUT2D eigenvalue weighted by atomic mass is 79.9. The Labute approximate surface area is 123 Å². The van der Waals surface area contributed by atoms with Crippen LogP contribution in [0.25, 0.3) is 0 Å². The molecular formula is C15H21BrO3. The van der Waals surface area contributed by atoms with Gasteiger partial charge >= 0.3 is 0 Å². The lowest BCUT2D eigenvalue weighted by molar-refractivity contribution is -0.0586. The molecule has 0 aliphatic carbocycles. The standard InChI is InChI=1S/C15H21BrO3/c1-17-13-7-4-5-12(9-13)15(10-16)19-11-14-6-2-3-8-18-14/h4-5,7,9,14-15H,2-3,6,8,10-11H2,1H3. The summed E-state index contributed by atoms with van der Waals surface area (Å²) in [4.78, 5) is 0. The van der Waals surface area contributed by atoms with Gasteiger partial charge in [0.15, 0.2) is 0 Å². The van der Waals surface area contributed by atoms with Crippen LogP contribution in [0.4, 0.5) is 0 Å². The van der Waals surface area contributed by atoms with Crippen LogP contribution < -0.4 is 4.74 Å². The number of halogens is 1. The molecule has 2 atom stereocenters. The van der Waals surface area contributed by atoms with Crippen molar-refractivity contribution in [3.8, 4) is 5.75 Å². The van der Waals surface area contributed by atoms with Gasteiger partial charge in [-0.25, -0.2) is 0 Å². The minimum absolute atomic E-state index is 0.0422. The third kappa shape index (κ3) is 4.48. The fourth-order valence-corrected chi connectivity index (χ4v) is 2.79. The maximum absolute atomic E-state index is 5.99. The van der Waals surface area contributed by atoms with Gasteiger partial charge in [-0.1, -0.05) is 28.1 Å². The number of methoxy groups -OCH3 is 1. The van der Waals surface area contributed by atoms with Crippen LogP contribution in [0.2, 0.25) is 0 Å². The van der Waals surface area contributed by atoms with Crippen LogP contribution in [0, 0.1) is 0 Å². The minimum atomic E-state index is 0.0422. The van der Waals surface area contributed by atoms with Gasteiger partial charge in [0.05, 0.1) is 25.9 Å². The van der Waals surface area contributed by atoms with Crippen molar-refractivity contribution in [3.05, 3.63) is 29.8 Å². The van der Waals surface area contributed by atoms with E-state index in [1.807, 2.05) is 18.2 Å². The zero-order valence-electron chi connectivity index (χ0n) is 11.3. The lowest BCUT2D eigenvalue weighted by atomic mass is 10.1. The molecule has 0 N–H and O–H groups in total. The Balaban J connectivity index is 1.91. The fraction of sp³-hybridized carbons (Fsp3) is 0.600. The van der Waals surface area contributed by atoms with Crippen LogP contribution in [-0.4, -0.2) is 31.8 Å². The van der Waals surface area contributed by atoms with Gasteiger partial charge in [-0.2, -0.15) is 0 Å². The maximum Gasteiger partial charge on any atom is 0.119 e. The van der Waals surface area contributed by atoms with E-state index in [4.69, 9.17) is 14.2 Å². The number of hydrogen-bond acceptors (Lipinski definition) is 3. The molecule has 1 aromatic carbocycles. The van der Waals surface area contributed by atoms with Gasteiger partial charge in [0.25, 0.3) is 0 Å². The predicted molar refractivity (Wildman–Crippen MR) is 79.1 cm³/mol. The van der Waals surface area contributed by atoms with Gasteiger partial charge in [0, 0.05) is 11.9 Å². The summed E-state index contributed by atoms with van der Waals surface area (Å²) in [7, 11) is 1.68. The summed E-state index contributed by atoms with van der Waals surface area (Å²) in [6.07, 6.45) is 3.81. The van der Waals surface area contributed by atoms with Crippen molar-refractivity contribution >= 4 is 15.9 Å². The van der Waals surface area contributed by atoms with Crippen molar-refractivity contribution in [3.63, 3.8) is 0 Å². The molecule has 19 heavy (non-hydrogen) atoms. The Bertz CT molecular complexity index is 377. The fourth-order valence-electron chi connectivity index (χ4n) is 2.23. The molecule has 0 bridgehead atoms. The SMILES string of the molecule is COc1cccc(C(CBr)OCC2CCCCO2)c1. The summed E-state index contributed by atoms with van der Waals surface area (Å²) in [6.45, 7) is 1.53. The number of alkyl halides is 1. The summed E-state index contributed by atoms with van der Waals surface area (Å²) < 4.78 is 16.9. The summed E-state index contributed by atoms with van der Waals surface area (Å²) in [6, 6.07) is 8.02. The van der Waals surface area contributed by atoms with Crippen LogP contribution in [0.15, 0.2) is 24.3 Å². The van der Waals surface area contributed by atoms with Crippen molar-refractivity contribution < 1.29 is 14.2 Å². The number of benzene rings is 1. The van der Waals surface area contributed by atoms with E-state index in [2.05, 4.69) is 22.0 Å². The maximum atomic E-state index is 5.99. The molecule has 1 heterocycles. The number of ether oxygens (including phenoxy) is 3. The lowest BCUT2D eigenvalue weighted by Gasteiger charge is -2.25. The van der Waals surface area contributed by atoms with E-state index < -0.39 is 0 Å². The third-order valence-corrected chi connectivity index (χ3v) is 3.95. The zero-order chi connectivity index (χ0) is 13.5. The molecule has 1 fully saturated rings. The smallest absolute Gasteiger partial charge is 0.119 e. The Kier molecular flexibility index (Phi) is 6.14. The average Bonchev–Trinajstić information content (AvgIpc) is 2.49. The second-order valence-corrected chi connectivity index (χ2v) is 5.39. The summed E-state index contributed by atoms with van der Waals surface area (Å²) in [5.41, 5.74) is 1.13. The first-order valence-electron chi connectivity index (χ1n) is 6.76. The van der Waals surface area contributed by atoms with E-state index in [0.29, 0.717) is 6.61 Å². The zero-order valence-corrected chi connectivity index (χ0v) is 12.9. The highest BCUT2D eigenvalue weighted by Gasteiger charge is 2.18. The molecule has 1 aliphatic heterocycles. The Hall–Kier alpha value is -0.580. The van der Waals surface area contributed by atoms with Crippen molar-refractivity contribution in [2.75, 3.05) is 25.7 Å². The highest BCUT2D eigenvalue weighted by molar-refractivity contribution is 9.09. The average molecular weight is 329 g/mol. The largest absolute Gasteiger partial charge is 0.497 e. The second-order valence-electron chi connectivity index (χ2n) is 4.74. The summed E-state index contributed by atoms with van der Waals surface area (Å²) in [5, 5.41) is 0.771. The molecule has 3 nitrogen and oxygen atoms in total. The molecular weight excluding hydrogens is 308 g/mol. The van der Waals surface area contributed by atoms with E-state index in [-0.39, 0.29) is 12.2 Å². The van der Waals surface area contributed by atoms with Gasteiger partial charge in [0.1, 0.15) is 5.75 Å². The molecule has 2 unspecified atom stereocenters. The Morgan fingerprint density at radius 2 is 2.32 bits per heavy atom. The molecule has 0 amide bonds. The van der Waals surface area contributed by atoms with E-state index >= 15 is 0 Å². The van der Waals surface area contributed by atoms with Gasteiger partial charge < -0.3 is 14.2 Å². The predicted octanol–water partition coefficient (Wildman–Crippen LogP) is 3.72. The van der Waals surface area contributed by atoms with Crippen LogP contribution in [-0.2, 0) is 9.47 Å². The van der Waals surface area contributed by atoms with E-state index in [9.17, 15) is 0 Å². The monoisotopic (exact) mass is 328 g/mol.